The zero-order valence-corrected chi connectivity index (χ0v) is 14.6. The fraction of sp³-hybridized carbons (Fsp3) is 0.389. The Labute approximate surface area is 145 Å². The molecule has 0 fully saturated rings. The first-order chi connectivity index (χ1) is 11.2. The molecule has 2 atom stereocenters. The maximum absolute atomic E-state index is 12.6. The lowest BCUT2D eigenvalue weighted by atomic mass is 9.85. The molecular formula is C18H19ClN2OS. The second-order valence-electron chi connectivity index (χ2n) is 6.33. The van der Waals surface area contributed by atoms with Crippen LogP contribution in [0.3, 0.4) is 0 Å². The largest absolute Gasteiger partial charge is 0.353 e. The third-order valence-electron chi connectivity index (χ3n) is 4.93. The number of hydrogen-bond acceptors (Lipinski definition) is 3. The minimum atomic E-state index is -0.186. The van der Waals surface area contributed by atoms with Crippen LogP contribution in [0.5, 0.6) is 0 Å². The molecule has 0 radical (unpaired) electrons. The number of thiophene rings is 1. The van der Waals surface area contributed by atoms with E-state index in [-0.39, 0.29) is 12.1 Å². The number of halogens is 1. The first kappa shape index (κ1) is 15.0. The molecule has 1 aliphatic heterocycles. The molecule has 5 heteroatoms. The van der Waals surface area contributed by atoms with E-state index in [0.717, 1.165) is 34.9 Å². The lowest BCUT2D eigenvalue weighted by molar-refractivity contribution is 0.0935. The lowest BCUT2D eigenvalue weighted by Gasteiger charge is -2.27. The van der Waals surface area contributed by atoms with Crippen LogP contribution >= 0.6 is 22.9 Å². The predicted molar refractivity (Wildman–Crippen MR) is 95.4 cm³/mol. The summed E-state index contributed by atoms with van der Waals surface area (Å²) < 4.78 is 0. The fourth-order valence-electron chi connectivity index (χ4n) is 3.54. The van der Waals surface area contributed by atoms with Crippen molar-refractivity contribution in [2.75, 3.05) is 5.32 Å². The van der Waals surface area contributed by atoms with E-state index < -0.39 is 0 Å². The van der Waals surface area contributed by atoms with Gasteiger partial charge in [0, 0.05) is 9.90 Å². The summed E-state index contributed by atoms with van der Waals surface area (Å²) >= 11 is 7.71. The zero-order chi connectivity index (χ0) is 16.0. The van der Waals surface area contributed by atoms with Crippen molar-refractivity contribution < 1.29 is 4.79 Å². The van der Waals surface area contributed by atoms with Crippen molar-refractivity contribution in [1.29, 1.82) is 0 Å². The Morgan fingerprint density at radius 1 is 1.26 bits per heavy atom. The summed E-state index contributed by atoms with van der Waals surface area (Å²) in [5, 5.41) is 8.31. The summed E-state index contributed by atoms with van der Waals surface area (Å²) in [7, 11) is 0. The van der Waals surface area contributed by atoms with Gasteiger partial charge in [-0.3, -0.25) is 4.79 Å². The van der Waals surface area contributed by atoms with Crippen LogP contribution in [0, 0.1) is 5.92 Å². The predicted octanol–water partition coefficient (Wildman–Crippen LogP) is 4.77. The molecule has 0 bridgehead atoms. The molecule has 120 valence electrons. The number of carbonyl (C=O) groups is 1. The second-order valence-corrected chi connectivity index (χ2v) is 7.87. The van der Waals surface area contributed by atoms with Crippen molar-refractivity contribution in [1.82, 2.24) is 5.32 Å². The molecule has 23 heavy (non-hydrogen) atoms. The molecule has 4 rings (SSSR count). The third kappa shape index (κ3) is 2.64. The van der Waals surface area contributed by atoms with Gasteiger partial charge >= 0.3 is 0 Å². The molecule has 0 spiro atoms. The van der Waals surface area contributed by atoms with Gasteiger partial charge in [-0.1, -0.05) is 37.1 Å². The molecule has 0 unspecified atom stereocenters. The van der Waals surface area contributed by atoms with Crippen LogP contribution in [0.15, 0.2) is 24.3 Å². The average molecular weight is 347 g/mol. The highest BCUT2D eigenvalue weighted by atomic mass is 35.5. The summed E-state index contributed by atoms with van der Waals surface area (Å²) in [6.07, 6.45) is 4.37. The van der Waals surface area contributed by atoms with Gasteiger partial charge in [-0.15, -0.1) is 11.3 Å². The Bertz CT molecular complexity index is 753. The first-order valence-electron chi connectivity index (χ1n) is 8.13. The van der Waals surface area contributed by atoms with Gasteiger partial charge in [0.15, 0.2) is 0 Å². The highest BCUT2D eigenvalue weighted by Gasteiger charge is 2.33. The van der Waals surface area contributed by atoms with Crippen LogP contribution in [0.25, 0.3) is 0 Å². The SMILES string of the molecule is CC[C@H]1CCc2c(sc3c2C(=O)N[C@@H](c2ccc(Cl)cc2)N3)C1. The number of carbonyl (C=O) groups excluding carboxylic acids is 1. The highest BCUT2D eigenvalue weighted by Crippen LogP contribution is 2.43. The van der Waals surface area contributed by atoms with Crippen molar-refractivity contribution in [2.45, 2.75) is 38.8 Å². The van der Waals surface area contributed by atoms with E-state index in [1.807, 2.05) is 24.3 Å². The van der Waals surface area contributed by atoms with Crippen molar-refractivity contribution in [3.8, 4) is 0 Å². The maximum Gasteiger partial charge on any atom is 0.256 e. The van der Waals surface area contributed by atoms with E-state index in [1.165, 1.54) is 23.3 Å². The molecule has 3 nitrogen and oxygen atoms in total. The fourth-order valence-corrected chi connectivity index (χ4v) is 5.05. The van der Waals surface area contributed by atoms with Crippen LogP contribution in [0.2, 0.25) is 5.02 Å². The average Bonchev–Trinajstić information content (AvgIpc) is 2.93. The molecule has 1 aliphatic carbocycles. The molecule has 2 aromatic rings. The molecule has 2 heterocycles. The van der Waals surface area contributed by atoms with E-state index in [9.17, 15) is 4.79 Å². The van der Waals surface area contributed by atoms with E-state index in [4.69, 9.17) is 11.6 Å². The standard InChI is InChI=1S/C18H19ClN2OS/c1-2-10-3-8-13-14(9-10)23-18-15(13)17(22)20-16(21-18)11-4-6-12(19)7-5-11/h4-7,10,16,21H,2-3,8-9H2,1H3,(H,20,22)/t10-,16+/m0/s1. The van der Waals surface area contributed by atoms with Gasteiger partial charge in [-0.05, 0) is 48.4 Å². The van der Waals surface area contributed by atoms with Gasteiger partial charge in [0.2, 0.25) is 0 Å². The summed E-state index contributed by atoms with van der Waals surface area (Å²) in [6.45, 7) is 2.25. The first-order valence-corrected chi connectivity index (χ1v) is 9.32. The van der Waals surface area contributed by atoms with Crippen LogP contribution in [0.4, 0.5) is 5.00 Å². The molecule has 0 saturated heterocycles. The normalized spacial score (nSPS) is 22.8. The Balaban J connectivity index is 1.66. The number of fused-ring (bicyclic) bond motifs is 3. The number of hydrogen-bond donors (Lipinski definition) is 2. The maximum atomic E-state index is 12.6. The van der Waals surface area contributed by atoms with Crippen LogP contribution in [-0.2, 0) is 12.8 Å². The molecule has 2 N–H and O–H groups in total. The Kier molecular flexibility index (Phi) is 3.82. The number of rotatable bonds is 2. The third-order valence-corrected chi connectivity index (χ3v) is 6.36. The molecule has 1 aromatic heterocycles. The summed E-state index contributed by atoms with van der Waals surface area (Å²) in [5.41, 5.74) is 3.17. The lowest BCUT2D eigenvalue weighted by Crippen LogP contribution is -2.38. The zero-order valence-electron chi connectivity index (χ0n) is 13.0. The Hall–Kier alpha value is -1.52. The second kappa shape index (κ2) is 5.84. The molecule has 1 aromatic carbocycles. The smallest absolute Gasteiger partial charge is 0.256 e. The molecular weight excluding hydrogens is 328 g/mol. The molecule has 0 saturated carbocycles. The van der Waals surface area contributed by atoms with Gasteiger partial charge in [0.1, 0.15) is 11.2 Å². The Morgan fingerprint density at radius 3 is 2.78 bits per heavy atom. The van der Waals surface area contributed by atoms with E-state index in [0.29, 0.717) is 5.02 Å². The van der Waals surface area contributed by atoms with Gasteiger partial charge in [-0.25, -0.2) is 0 Å². The topological polar surface area (TPSA) is 41.1 Å². The van der Waals surface area contributed by atoms with Crippen molar-refractivity contribution in [2.24, 2.45) is 5.92 Å². The van der Waals surface area contributed by atoms with Crippen molar-refractivity contribution in [3.05, 3.63) is 50.9 Å². The monoisotopic (exact) mass is 346 g/mol. The molecule has 2 aliphatic rings. The quantitative estimate of drug-likeness (QED) is 0.822. The van der Waals surface area contributed by atoms with E-state index >= 15 is 0 Å². The minimum absolute atomic E-state index is 0.0474. The minimum Gasteiger partial charge on any atom is -0.353 e. The summed E-state index contributed by atoms with van der Waals surface area (Å²) in [4.78, 5) is 14.0. The van der Waals surface area contributed by atoms with Crippen molar-refractivity contribution in [3.63, 3.8) is 0 Å². The number of nitrogens with one attached hydrogen (secondary N) is 2. The van der Waals surface area contributed by atoms with Crippen molar-refractivity contribution >= 4 is 33.8 Å². The van der Waals surface area contributed by atoms with Gasteiger partial charge in [-0.2, -0.15) is 0 Å². The van der Waals surface area contributed by atoms with E-state index in [2.05, 4.69) is 17.6 Å². The van der Waals surface area contributed by atoms with Gasteiger partial charge < -0.3 is 10.6 Å². The highest BCUT2D eigenvalue weighted by molar-refractivity contribution is 7.16. The summed E-state index contributed by atoms with van der Waals surface area (Å²) in [5.74, 6) is 0.809. The van der Waals surface area contributed by atoms with Crippen LogP contribution in [-0.4, -0.2) is 5.91 Å². The number of anilines is 1. The summed E-state index contributed by atoms with van der Waals surface area (Å²) in [6, 6.07) is 7.61. The molecule has 1 amide bonds. The van der Waals surface area contributed by atoms with Crippen LogP contribution < -0.4 is 10.6 Å². The Morgan fingerprint density at radius 2 is 2.04 bits per heavy atom. The number of amides is 1. The number of benzene rings is 1. The van der Waals surface area contributed by atoms with E-state index in [1.54, 1.807) is 11.3 Å². The van der Waals surface area contributed by atoms with Gasteiger partial charge in [0.05, 0.1) is 5.56 Å². The van der Waals surface area contributed by atoms with Crippen LogP contribution in [0.1, 0.15) is 52.3 Å². The van der Waals surface area contributed by atoms with Gasteiger partial charge in [0.25, 0.3) is 5.91 Å².